The molecule has 0 spiro atoms. The standard InChI is InChI=1S/C17H36N4O.HI/c1-6-18-17(20-14-12-16(22)21(4)5)19-13-10-8-7-9-11-15(2)3;/h15H,6-14H2,1-5H3,(H2,18,19,20);1H. The molecule has 0 unspecified atom stereocenters. The van der Waals surface area contributed by atoms with Crippen LogP contribution in [-0.2, 0) is 4.79 Å². The van der Waals surface area contributed by atoms with Crippen LogP contribution < -0.4 is 10.6 Å². The Bertz CT molecular complexity index is 320. The third-order valence-electron chi connectivity index (χ3n) is 3.43. The summed E-state index contributed by atoms with van der Waals surface area (Å²) < 4.78 is 0. The van der Waals surface area contributed by atoms with Crippen LogP contribution in [0, 0.1) is 5.92 Å². The summed E-state index contributed by atoms with van der Waals surface area (Å²) >= 11 is 0. The van der Waals surface area contributed by atoms with Gasteiger partial charge in [-0.05, 0) is 19.3 Å². The monoisotopic (exact) mass is 440 g/mol. The molecule has 0 atom stereocenters. The first kappa shape index (κ1) is 24.7. The van der Waals surface area contributed by atoms with Crippen molar-refractivity contribution in [2.24, 2.45) is 10.9 Å². The Morgan fingerprint density at radius 3 is 2.30 bits per heavy atom. The largest absolute Gasteiger partial charge is 0.357 e. The number of rotatable bonds is 11. The van der Waals surface area contributed by atoms with Crippen LogP contribution >= 0.6 is 24.0 Å². The van der Waals surface area contributed by atoms with Crippen LogP contribution in [0.1, 0.15) is 59.3 Å². The first-order valence-corrected chi connectivity index (χ1v) is 8.69. The molecule has 0 aromatic heterocycles. The summed E-state index contributed by atoms with van der Waals surface area (Å²) in [5.74, 6) is 1.76. The highest BCUT2D eigenvalue weighted by molar-refractivity contribution is 14.0. The Morgan fingerprint density at radius 1 is 1.09 bits per heavy atom. The highest BCUT2D eigenvalue weighted by Crippen LogP contribution is 2.09. The minimum atomic E-state index is 0. The number of carbonyl (C=O) groups excluding carboxylic acids is 1. The number of hydrogen-bond donors (Lipinski definition) is 2. The quantitative estimate of drug-likeness (QED) is 0.225. The predicted octanol–water partition coefficient (Wildman–Crippen LogP) is 3.24. The SMILES string of the molecule is CCNC(=NCCCCCCC(C)C)NCCC(=O)N(C)C.I. The van der Waals surface area contributed by atoms with Gasteiger partial charge >= 0.3 is 0 Å². The highest BCUT2D eigenvalue weighted by Gasteiger charge is 2.04. The summed E-state index contributed by atoms with van der Waals surface area (Å²) in [5.41, 5.74) is 0. The zero-order valence-electron chi connectivity index (χ0n) is 15.7. The van der Waals surface area contributed by atoms with Gasteiger partial charge < -0.3 is 15.5 Å². The average Bonchev–Trinajstić information content (AvgIpc) is 2.45. The van der Waals surface area contributed by atoms with E-state index in [0.717, 1.165) is 31.4 Å². The van der Waals surface area contributed by atoms with E-state index in [-0.39, 0.29) is 29.9 Å². The van der Waals surface area contributed by atoms with Gasteiger partial charge in [0.2, 0.25) is 5.91 Å². The molecule has 0 bridgehead atoms. The van der Waals surface area contributed by atoms with Gasteiger partial charge in [0.1, 0.15) is 0 Å². The molecule has 0 saturated heterocycles. The fourth-order valence-electron chi connectivity index (χ4n) is 2.06. The van der Waals surface area contributed by atoms with Crippen molar-refractivity contribution in [3.05, 3.63) is 0 Å². The number of hydrogen-bond acceptors (Lipinski definition) is 2. The van der Waals surface area contributed by atoms with E-state index >= 15 is 0 Å². The summed E-state index contributed by atoms with van der Waals surface area (Å²) in [6.07, 6.45) is 6.82. The van der Waals surface area contributed by atoms with Gasteiger partial charge in [0.25, 0.3) is 0 Å². The molecule has 1 amide bonds. The number of unbranched alkanes of at least 4 members (excludes halogenated alkanes) is 3. The van der Waals surface area contributed by atoms with Gasteiger partial charge in [0.05, 0.1) is 0 Å². The number of nitrogens with one attached hydrogen (secondary N) is 2. The van der Waals surface area contributed by atoms with Crippen molar-refractivity contribution in [3.8, 4) is 0 Å². The normalized spacial score (nSPS) is 11.1. The van der Waals surface area contributed by atoms with E-state index in [9.17, 15) is 4.79 Å². The van der Waals surface area contributed by atoms with Crippen molar-refractivity contribution in [1.82, 2.24) is 15.5 Å². The summed E-state index contributed by atoms with van der Waals surface area (Å²) in [5, 5.41) is 6.43. The van der Waals surface area contributed by atoms with Crippen LogP contribution in [0.2, 0.25) is 0 Å². The molecule has 0 rings (SSSR count). The lowest BCUT2D eigenvalue weighted by Crippen LogP contribution is -2.39. The Kier molecular flexibility index (Phi) is 17.6. The molecule has 0 aliphatic carbocycles. The van der Waals surface area contributed by atoms with E-state index in [2.05, 4.69) is 29.5 Å². The van der Waals surface area contributed by atoms with Crippen molar-refractivity contribution in [2.75, 3.05) is 33.7 Å². The van der Waals surface area contributed by atoms with E-state index in [1.54, 1.807) is 19.0 Å². The van der Waals surface area contributed by atoms with Crippen molar-refractivity contribution >= 4 is 35.8 Å². The van der Waals surface area contributed by atoms with Gasteiger partial charge in [-0.2, -0.15) is 0 Å². The van der Waals surface area contributed by atoms with E-state index in [0.29, 0.717) is 13.0 Å². The fraction of sp³-hybridized carbons (Fsp3) is 0.882. The van der Waals surface area contributed by atoms with Crippen LogP contribution in [0.25, 0.3) is 0 Å². The molecular weight excluding hydrogens is 403 g/mol. The Labute approximate surface area is 160 Å². The molecule has 0 aromatic carbocycles. The molecule has 0 heterocycles. The lowest BCUT2D eigenvalue weighted by molar-refractivity contribution is -0.128. The van der Waals surface area contributed by atoms with Crippen molar-refractivity contribution in [2.45, 2.75) is 59.3 Å². The van der Waals surface area contributed by atoms with Crippen LogP contribution in [0.4, 0.5) is 0 Å². The molecular formula is C17H37IN4O. The van der Waals surface area contributed by atoms with E-state index in [4.69, 9.17) is 0 Å². The smallest absolute Gasteiger partial charge is 0.223 e. The van der Waals surface area contributed by atoms with Gasteiger partial charge in [-0.1, -0.05) is 39.5 Å². The molecule has 138 valence electrons. The molecule has 0 aromatic rings. The molecule has 0 saturated carbocycles. The summed E-state index contributed by atoms with van der Waals surface area (Å²) in [6.45, 7) is 8.91. The molecule has 0 aliphatic heterocycles. The second-order valence-corrected chi connectivity index (χ2v) is 6.32. The maximum atomic E-state index is 11.5. The zero-order chi connectivity index (χ0) is 16.8. The number of guanidine groups is 1. The molecule has 6 heteroatoms. The Morgan fingerprint density at radius 2 is 1.74 bits per heavy atom. The summed E-state index contributed by atoms with van der Waals surface area (Å²) in [4.78, 5) is 17.7. The van der Waals surface area contributed by atoms with Crippen molar-refractivity contribution in [3.63, 3.8) is 0 Å². The van der Waals surface area contributed by atoms with Crippen molar-refractivity contribution < 1.29 is 4.79 Å². The van der Waals surface area contributed by atoms with Crippen LogP contribution in [0.5, 0.6) is 0 Å². The van der Waals surface area contributed by atoms with E-state index in [1.807, 2.05) is 6.92 Å². The molecule has 23 heavy (non-hydrogen) atoms. The first-order chi connectivity index (χ1) is 10.5. The molecule has 5 nitrogen and oxygen atoms in total. The van der Waals surface area contributed by atoms with Gasteiger partial charge in [-0.25, -0.2) is 0 Å². The predicted molar refractivity (Wildman–Crippen MR) is 111 cm³/mol. The average molecular weight is 440 g/mol. The molecule has 0 radical (unpaired) electrons. The molecule has 0 fully saturated rings. The Hall–Kier alpha value is -0.530. The van der Waals surface area contributed by atoms with Gasteiger partial charge in [-0.15, -0.1) is 24.0 Å². The lowest BCUT2D eigenvalue weighted by Gasteiger charge is -2.13. The Balaban J connectivity index is 0. The van der Waals surface area contributed by atoms with Crippen LogP contribution in [0.3, 0.4) is 0 Å². The van der Waals surface area contributed by atoms with Crippen LogP contribution in [-0.4, -0.2) is 50.5 Å². The number of amides is 1. The van der Waals surface area contributed by atoms with E-state index in [1.165, 1.54) is 25.7 Å². The van der Waals surface area contributed by atoms with Gasteiger partial charge in [0.15, 0.2) is 5.96 Å². The zero-order valence-corrected chi connectivity index (χ0v) is 18.0. The second kappa shape index (κ2) is 16.3. The topological polar surface area (TPSA) is 56.7 Å². The first-order valence-electron chi connectivity index (χ1n) is 8.69. The minimum absolute atomic E-state index is 0. The molecule has 2 N–H and O–H groups in total. The summed E-state index contributed by atoms with van der Waals surface area (Å²) in [6, 6.07) is 0. The molecule has 0 aliphatic rings. The number of nitrogens with zero attached hydrogens (tertiary/aromatic N) is 2. The van der Waals surface area contributed by atoms with Gasteiger partial charge in [0, 0.05) is 40.2 Å². The maximum absolute atomic E-state index is 11.5. The number of carbonyl (C=O) groups is 1. The number of halogens is 1. The lowest BCUT2D eigenvalue weighted by atomic mass is 10.0. The van der Waals surface area contributed by atoms with Crippen molar-refractivity contribution in [1.29, 1.82) is 0 Å². The third-order valence-corrected chi connectivity index (χ3v) is 3.43. The van der Waals surface area contributed by atoms with Crippen LogP contribution in [0.15, 0.2) is 4.99 Å². The highest BCUT2D eigenvalue weighted by atomic mass is 127. The summed E-state index contributed by atoms with van der Waals surface area (Å²) in [7, 11) is 3.56. The third kappa shape index (κ3) is 16.1. The fourth-order valence-corrected chi connectivity index (χ4v) is 2.06. The minimum Gasteiger partial charge on any atom is -0.357 e. The van der Waals surface area contributed by atoms with Gasteiger partial charge in [-0.3, -0.25) is 9.79 Å². The maximum Gasteiger partial charge on any atom is 0.223 e. The number of aliphatic imine (C=N–C) groups is 1. The second-order valence-electron chi connectivity index (χ2n) is 6.32. The van der Waals surface area contributed by atoms with E-state index < -0.39 is 0 Å².